The summed E-state index contributed by atoms with van der Waals surface area (Å²) in [5.41, 5.74) is 0.830. The van der Waals surface area contributed by atoms with E-state index in [-0.39, 0.29) is 25.0 Å². The van der Waals surface area contributed by atoms with Gasteiger partial charge < -0.3 is 19.4 Å². The van der Waals surface area contributed by atoms with Crippen LogP contribution in [0.5, 0.6) is 5.75 Å². The molecule has 1 aliphatic carbocycles. The molecule has 0 bridgehead atoms. The molecule has 1 N–H and O–H groups in total. The highest BCUT2D eigenvalue weighted by atomic mass is 19.3. The van der Waals surface area contributed by atoms with E-state index in [1.165, 1.54) is 0 Å². The molecule has 2 aromatic rings. The Morgan fingerprint density at radius 3 is 2.28 bits per heavy atom. The first-order valence-electron chi connectivity index (χ1n) is 10.8. The Kier molecular flexibility index (Phi) is 5.80. The summed E-state index contributed by atoms with van der Waals surface area (Å²) in [6.45, 7) is 8.09. The van der Waals surface area contributed by atoms with Crippen molar-refractivity contribution in [1.82, 2.24) is 5.32 Å². The summed E-state index contributed by atoms with van der Waals surface area (Å²) in [5, 5.41) is 2.70. The van der Waals surface area contributed by atoms with Crippen LogP contribution in [0.3, 0.4) is 0 Å². The Balaban J connectivity index is 1.57. The monoisotopic (exact) mass is 443 g/mol. The minimum Gasteiger partial charge on any atom is -0.488 e. The van der Waals surface area contributed by atoms with Gasteiger partial charge in [0.25, 0.3) is 11.8 Å². The van der Waals surface area contributed by atoms with Crippen molar-refractivity contribution in [3.8, 4) is 5.75 Å². The summed E-state index contributed by atoms with van der Waals surface area (Å²) >= 11 is 0. The first kappa shape index (κ1) is 22.7. The van der Waals surface area contributed by atoms with Gasteiger partial charge in [-0.15, -0.1) is 0 Å². The molecule has 1 saturated carbocycles. The van der Waals surface area contributed by atoms with E-state index < -0.39 is 36.2 Å². The van der Waals surface area contributed by atoms with E-state index in [4.69, 9.17) is 14.0 Å². The van der Waals surface area contributed by atoms with Gasteiger partial charge in [-0.25, -0.2) is 8.78 Å². The van der Waals surface area contributed by atoms with Crippen molar-refractivity contribution in [2.75, 3.05) is 0 Å². The molecule has 2 aliphatic rings. The third kappa shape index (κ3) is 4.66. The molecule has 8 heteroatoms. The molecule has 0 atom stereocenters. The van der Waals surface area contributed by atoms with Crippen molar-refractivity contribution < 1.29 is 27.6 Å². The third-order valence-corrected chi connectivity index (χ3v) is 6.44. The number of nitrogens with one attached hydrogen (secondary N) is 1. The lowest BCUT2D eigenvalue weighted by molar-refractivity contribution is -0.0901. The van der Waals surface area contributed by atoms with Crippen molar-refractivity contribution in [3.63, 3.8) is 0 Å². The summed E-state index contributed by atoms with van der Waals surface area (Å²) in [6, 6.07) is 14.2. The molecule has 1 amide bonds. The molecule has 0 aromatic heterocycles. The van der Waals surface area contributed by atoms with Crippen LogP contribution in [-0.2, 0) is 15.9 Å². The number of alkyl halides is 2. The van der Waals surface area contributed by atoms with Crippen molar-refractivity contribution in [3.05, 3.63) is 59.7 Å². The maximum Gasteiger partial charge on any atom is 0.494 e. The van der Waals surface area contributed by atoms with Crippen LogP contribution in [0.25, 0.3) is 0 Å². The quantitative estimate of drug-likeness (QED) is 0.684. The second-order valence-electron chi connectivity index (χ2n) is 9.55. The number of benzene rings is 2. The molecule has 2 fully saturated rings. The number of carbonyl (C=O) groups is 1. The van der Waals surface area contributed by atoms with E-state index >= 15 is 0 Å². The van der Waals surface area contributed by atoms with Gasteiger partial charge >= 0.3 is 7.12 Å². The zero-order chi connectivity index (χ0) is 23.1. The normalized spacial score (nSPS) is 21.1. The summed E-state index contributed by atoms with van der Waals surface area (Å²) < 4.78 is 44.6. The smallest absolute Gasteiger partial charge is 0.488 e. The van der Waals surface area contributed by atoms with Gasteiger partial charge in [-0.3, -0.25) is 4.79 Å². The van der Waals surface area contributed by atoms with Crippen LogP contribution in [0.4, 0.5) is 8.78 Å². The van der Waals surface area contributed by atoms with Gasteiger partial charge in [0.05, 0.1) is 16.8 Å². The van der Waals surface area contributed by atoms with E-state index in [1.807, 2.05) is 58.0 Å². The molecule has 1 saturated heterocycles. The van der Waals surface area contributed by atoms with Gasteiger partial charge in [0.1, 0.15) is 12.4 Å². The zero-order valence-corrected chi connectivity index (χ0v) is 18.8. The number of halogens is 2. The molecule has 0 radical (unpaired) electrons. The maximum absolute atomic E-state index is 13.2. The lowest BCUT2D eigenvalue weighted by Gasteiger charge is -2.35. The fraction of sp³-hybridized carbons (Fsp3) is 0.458. The predicted octanol–water partition coefficient (Wildman–Crippen LogP) is 4.09. The largest absolute Gasteiger partial charge is 0.494 e. The molecular weight excluding hydrogens is 415 g/mol. The molecule has 1 heterocycles. The maximum atomic E-state index is 13.2. The molecule has 4 rings (SSSR count). The van der Waals surface area contributed by atoms with E-state index in [0.717, 1.165) is 5.56 Å². The Bertz CT molecular complexity index is 973. The van der Waals surface area contributed by atoms with Crippen LogP contribution in [0, 0.1) is 0 Å². The van der Waals surface area contributed by atoms with Crippen molar-refractivity contribution in [2.45, 2.75) is 70.3 Å². The molecular formula is C24H28BF2NO4. The van der Waals surface area contributed by atoms with E-state index in [1.54, 1.807) is 18.2 Å². The van der Waals surface area contributed by atoms with E-state index in [2.05, 4.69) is 5.32 Å². The summed E-state index contributed by atoms with van der Waals surface area (Å²) in [5.74, 6) is -2.79. The SMILES string of the molecule is CC1(C)OB(c2ccc(OCc3ccccc3)c(C(=O)NC3CC(F)(F)C3)c2)OC1(C)C. The standard InChI is InChI=1S/C24H28BF2NO4/c1-22(2)23(3,4)32-25(31-22)17-10-11-20(30-15-16-8-6-5-7-9-16)19(12-17)21(29)28-18-13-24(26,27)14-18/h5-12,18H,13-15H2,1-4H3,(H,28,29). The van der Waals surface area contributed by atoms with Crippen LogP contribution in [0.2, 0.25) is 0 Å². The van der Waals surface area contributed by atoms with Gasteiger partial charge in [-0.1, -0.05) is 36.4 Å². The molecule has 1 aliphatic heterocycles. The van der Waals surface area contributed by atoms with Gasteiger partial charge in [0.15, 0.2) is 0 Å². The fourth-order valence-electron chi connectivity index (χ4n) is 3.74. The minimum atomic E-state index is -2.71. The minimum absolute atomic E-state index is 0.267. The van der Waals surface area contributed by atoms with E-state index in [0.29, 0.717) is 11.2 Å². The molecule has 0 unspecified atom stereocenters. The molecule has 2 aromatic carbocycles. The number of amides is 1. The van der Waals surface area contributed by atoms with Crippen LogP contribution in [-0.4, -0.2) is 36.2 Å². The highest BCUT2D eigenvalue weighted by molar-refractivity contribution is 6.62. The second kappa shape index (κ2) is 8.16. The highest BCUT2D eigenvalue weighted by Crippen LogP contribution is 2.38. The molecule has 5 nitrogen and oxygen atoms in total. The Morgan fingerprint density at radius 2 is 1.69 bits per heavy atom. The predicted molar refractivity (Wildman–Crippen MR) is 118 cm³/mol. The van der Waals surface area contributed by atoms with Crippen LogP contribution >= 0.6 is 0 Å². The number of hydrogen-bond acceptors (Lipinski definition) is 4. The van der Waals surface area contributed by atoms with Crippen LogP contribution in [0.1, 0.15) is 56.5 Å². The number of ether oxygens (including phenoxy) is 1. The van der Waals surface area contributed by atoms with Gasteiger partial charge in [0, 0.05) is 18.9 Å². The first-order valence-corrected chi connectivity index (χ1v) is 10.8. The number of carbonyl (C=O) groups excluding carboxylic acids is 1. The average Bonchev–Trinajstić information content (AvgIpc) is 2.93. The lowest BCUT2D eigenvalue weighted by atomic mass is 9.78. The molecule has 0 spiro atoms. The van der Waals surface area contributed by atoms with E-state index in [9.17, 15) is 13.6 Å². The fourth-order valence-corrected chi connectivity index (χ4v) is 3.74. The van der Waals surface area contributed by atoms with Crippen molar-refractivity contribution in [1.29, 1.82) is 0 Å². The van der Waals surface area contributed by atoms with Crippen LogP contribution in [0.15, 0.2) is 48.5 Å². The highest BCUT2D eigenvalue weighted by Gasteiger charge is 2.52. The molecule has 170 valence electrons. The van der Waals surface area contributed by atoms with Crippen molar-refractivity contribution >= 4 is 18.5 Å². The Morgan fingerprint density at radius 1 is 1.06 bits per heavy atom. The first-order chi connectivity index (χ1) is 15.0. The zero-order valence-electron chi connectivity index (χ0n) is 18.8. The third-order valence-electron chi connectivity index (χ3n) is 6.44. The summed E-state index contributed by atoms with van der Waals surface area (Å²) in [7, 11) is -0.650. The number of rotatable bonds is 6. The van der Waals surface area contributed by atoms with Gasteiger partial charge in [0.2, 0.25) is 0 Å². The Hall–Kier alpha value is -2.45. The second-order valence-corrected chi connectivity index (χ2v) is 9.55. The van der Waals surface area contributed by atoms with Gasteiger partial charge in [-0.2, -0.15) is 0 Å². The average molecular weight is 443 g/mol. The number of hydrogen-bond donors (Lipinski definition) is 1. The summed E-state index contributed by atoms with van der Waals surface area (Å²) in [6.07, 6.45) is -0.703. The lowest BCUT2D eigenvalue weighted by Crippen LogP contribution is -2.50. The topological polar surface area (TPSA) is 56.8 Å². The van der Waals surface area contributed by atoms with Crippen LogP contribution < -0.4 is 15.5 Å². The summed E-state index contributed by atoms with van der Waals surface area (Å²) in [4.78, 5) is 13.0. The van der Waals surface area contributed by atoms with Gasteiger partial charge in [-0.05, 0) is 50.9 Å². The molecule has 32 heavy (non-hydrogen) atoms. The van der Waals surface area contributed by atoms with Crippen molar-refractivity contribution in [2.24, 2.45) is 0 Å². The Labute approximate surface area is 187 Å².